The van der Waals surface area contributed by atoms with Crippen molar-refractivity contribution in [2.75, 3.05) is 51.4 Å². The monoisotopic (exact) mass is 330 g/mol. The van der Waals surface area contributed by atoms with Crippen molar-refractivity contribution in [2.45, 2.75) is 0 Å². The third kappa shape index (κ3) is 4.48. The second-order valence-corrected chi connectivity index (χ2v) is 5.33. The largest absolute Gasteiger partial charge is 0.497 e. The van der Waals surface area contributed by atoms with Gasteiger partial charge in [0.05, 0.1) is 19.5 Å². The minimum Gasteiger partial charge on any atom is -0.497 e. The van der Waals surface area contributed by atoms with Gasteiger partial charge in [-0.05, 0) is 12.1 Å². The zero-order chi connectivity index (χ0) is 16.6. The van der Waals surface area contributed by atoms with E-state index in [1.807, 2.05) is 24.3 Å². The van der Waals surface area contributed by atoms with Crippen LogP contribution in [0.5, 0.6) is 17.4 Å². The number of aromatic nitrogens is 2. The Morgan fingerprint density at radius 2 is 1.88 bits per heavy atom. The van der Waals surface area contributed by atoms with Gasteiger partial charge in [0.25, 0.3) is 0 Å². The lowest BCUT2D eigenvalue weighted by atomic mass is 10.3. The molecule has 0 aliphatic carbocycles. The Labute approximate surface area is 141 Å². The molecule has 0 atom stereocenters. The lowest BCUT2D eigenvalue weighted by Gasteiger charge is -2.28. The molecule has 24 heavy (non-hydrogen) atoms. The Morgan fingerprint density at radius 1 is 1.08 bits per heavy atom. The predicted molar refractivity (Wildman–Crippen MR) is 91.1 cm³/mol. The van der Waals surface area contributed by atoms with Gasteiger partial charge in [-0.2, -0.15) is 4.98 Å². The average Bonchev–Trinajstić information content (AvgIpc) is 2.66. The van der Waals surface area contributed by atoms with Gasteiger partial charge >= 0.3 is 0 Å². The molecule has 3 rings (SSSR count). The molecular formula is C17H22N4O3. The molecule has 1 fully saturated rings. The normalized spacial score (nSPS) is 14.3. The van der Waals surface area contributed by atoms with Crippen molar-refractivity contribution in [2.24, 2.45) is 0 Å². The predicted octanol–water partition coefficient (Wildman–Crippen LogP) is 1.35. The van der Waals surface area contributed by atoms with Crippen molar-refractivity contribution in [3.8, 4) is 17.4 Å². The topological polar surface area (TPSA) is 68.7 Å². The van der Waals surface area contributed by atoms with Crippen LogP contribution in [0.15, 0.2) is 36.7 Å². The number of hydrogen-bond acceptors (Lipinski definition) is 7. The molecule has 0 amide bonds. The highest BCUT2D eigenvalue weighted by Gasteiger charge is 2.12. The number of hydrogen-bond donors (Lipinski definition) is 1. The Bertz CT molecular complexity index is 647. The third-order valence-corrected chi connectivity index (χ3v) is 3.68. The Hall–Kier alpha value is -2.54. The average molecular weight is 330 g/mol. The Kier molecular flexibility index (Phi) is 5.68. The Morgan fingerprint density at radius 3 is 2.71 bits per heavy atom. The van der Waals surface area contributed by atoms with Crippen LogP contribution in [0.25, 0.3) is 0 Å². The number of methoxy groups -OCH3 is 1. The van der Waals surface area contributed by atoms with E-state index in [0.717, 1.165) is 43.5 Å². The summed E-state index contributed by atoms with van der Waals surface area (Å²) in [5.74, 6) is 2.88. The fraction of sp³-hybridized carbons (Fsp3) is 0.412. The second-order valence-electron chi connectivity index (χ2n) is 5.33. The molecule has 1 aliphatic heterocycles. The molecule has 7 heteroatoms. The molecule has 1 aromatic carbocycles. The van der Waals surface area contributed by atoms with Crippen LogP contribution in [0.3, 0.4) is 0 Å². The van der Waals surface area contributed by atoms with E-state index in [9.17, 15) is 0 Å². The molecule has 0 spiro atoms. The van der Waals surface area contributed by atoms with E-state index in [1.54, 1.807) is 19.5 Å². The number of rotatable bonds is 7. The zero-order valence-electron chi connectivity index (χ0n) is 13.8. The molecule has 1 aliphatic rings. The fourth-order valence-corrected chi connectivity index (χ4v) is 2.45. The van der Waals surface area contributed by atoms with Gasteiger partial charge < -0.3 is 24.4 Å². The quantitative estimate of drug-likeness (QED) is 0.769. The van der Waals surface area contributed by atoms with Crippen molar-refractivity contribution in [3.05, 3.63) is 36.7 Å². The molecule has 128 valence electrons. The molecular weight excluding hydrogens is 308 g/mol. The molecule has 0 unspecified atom stereocenters. The van der Waals surface area contributed by atoms with Gasteiger partial charge in [0.15, 0.2) is 5.82 Å². The minimum atomic E-state index is 0.400. The minimum absolute atomic E-state index is 0.400. The molecule has 0 radical (unpaired) electrons. The van der Waals surface area contributed by atoms with Crippen LogP contribution in [-0.4, -0.2) is 56.5 Å². The summed E-state index contributed by atoms with van der Waals surface area (Å²) in [5, 5.41) is 3.32. The maximum Gasteiger partial charge on any atom is 0.234 e. The highest BCUT2D eigenvalue weighted by molar-refractivity contribution is 5.38. The van der Waals surface area contributed by atoms with Crippen LogP contribution in [0.4, 0.5) is 5.82 Å². The van der Waals surface area contributed by atoms with Gasteiger partial charge in [-0.25, -0.2) is 0 Å². The number of benzene rings is 1. The number of anilines is 1. The molecule has 2 aromatic rings. The lowest BCUT2D eigenvalue weighted by molar-refractivity contribution is 0.211. The lowest BCUT2D eigenvalue weighted by Crippen LogP contribution is -2.43. The highest BCUT2D eigenvalue weighted by Crippen LogP contribution is 2.19. The number of ether oxygens (including phenoxy) is 3. The molecule has 7 nitrogen and oxygen atoms in total. The van der Waals surface area contributed by atoms with Crippen molar-refractivity contribution in [3.63, 3.8) is 0 Å². The van der Waals surface area contributed by atoms with E-state index in [1.165, 1.54) is 0 Å². The molecule has 0 saturated carbocycles. The maximum atomic E-state index is 5.64. The van der Waals surface area contributed by atoms with Gasteiger partial charge in [0.1, 0.15) is 24.7 Å². The van der Waals surface area contributed by atoms with Crippen LogP contribution in [0.2, 0.25) is 0 Å². The smallest absolute Gasteiger partial charge is 0.234 e. The first-order valence-corrected chi connectivity index (χ1v) is 8.02. The van der Waals surface area contributed by atoms with E-state index in [-0.39, 0.29) is 0 Å². The van der Waals surface area contributed by atoms with Crippen LogP contribution >= 0.6 is 0 Å². The van der Waals surface area contributed by atoms with Crippen LogP contribution in [0.1, 0.15) is 0 Å². The summed E-state index contributed by atoms with van der Waals surface area (Å²) >= 11 is 0. The first kappa shape index (κ1) is 16.3. The number of piperazine rings is 1. The van der Waals surface area contributed by atoms with Crippen molar-refractivity contribution in [1.29, 1.82) is 0 Å². The summed E-state index contributed by atoms with van der Waals surface area (Å²) in [6.45, 7) is 4.60. The van der Waals surface area contributed by atoms with Gasteiger partial charge in [-0.1, -0.05) is 6.07 Å². The fourth-order valence-electron chi connectivity index (χ4n) is 2.45. The van der Waals surface area contributed by atoms with Gasteiger partial charge in [0, 0.05) is 32.2 Å². The zero-order valence-corrected chi connectivity index (χ0v) is 13.8. The van der Waals surface area contributed by atoms with E-state index >= 15 is 0 Å². The van der Waals surface area contributed by atoms with E-state index in [2.05, 4.69) is 20.2 Å². The maximum absolute atomic E-state index is 5.64. The Balaban J connectivity index is 1.47. The van der Waals surface area contributed by atoms with Crippen molar-refractivity contribution in [1.82, 2.24) is 15.3 Å². The SMILES string of the molecule is COc1cccc(OCCOc2cncc(N3CCNCC3)n2)c1. The van der Waals surface area contributed by atoms with E-state index in [4.69, 9.17) is 14.2 Å². The number of nitrogens with one attached hydrogen (secondary N) is 1. The van der Waals surface area contributed by atoms with Crippen LogP contribution in [-0.2, 0) is 0 Å². The van der Waals surface area contributed by atoms with Crippen LogP contribution < -0.4 is 24.4 Å². The highest BCUT2D eigenvalue weighted by atomic mass is 16.5. The summed E-state index contributed by atoms with van der Waals surface area (Å²) < 4.78 is 16.5. The number of nitrogens with zero attached hydrogens (tertiary/aromatic N) is 3. The summed E-state index contributed by atoms with van der Waals surface area (Å²) in [6.07, 6.45) is 3.39. The van der Waals surface area contributed by atoms with Gasteiger partial charge in [0.2, 0.25) is 5.88 Å². The second kappa shape index (κ2) is 8.35. The van der Waals surface area contributed by atoms with E-state index < -0.39 is 0 Å². The summed E-state index contributed by atoms with van der Waals surface area (Å²) in [7, 11) is 1.63. The van der Waals surface area contributed by atoms with E-state index in [0.29, 0.717) is 19.1 Å². The van der Waals surface area contributed by atoms with Crippen molar-refractivity contribution >= 4 is 5.82 Å². The molecule has 2 heterocycles. The summed E-state index contributed by atoms with van der Waals surface area (Å²) in [5.41, 5.74) is 0. The molecule has 0 bridgehead atoms. The first-order chi connectivity index (χ1) is 11.8. The van der Waals surface area contributed by atoms with Crippen LogP contribution in [0, 0.1) is 0 Å². The first-order valence-electron chi connectivity index (χ1n) is 8.02. The molecule has 1 aromatic heterocycles. The van der Waals surface area contributed by atoms with Gasteiger partial charge in [-0.3, -0.25) is 4.98 Å². The molecule has 1 saturated heterocycles. The standard InChI is InChI=1S/C17H22N4O3/c1-22-14-3-2-4-15(11-14)23-9-10-24-17-13-19-12-16(20-17)21-7-5-18-6-8-21/h2-4,11-13,18H,5-10H2,1H3. The summed E-state index contributed by atoms with van der Waals surface area (Å²) in [4.78, 5) is 10.9. The van der Waals surface area contributed by atoms with Gasteiger partial charge in [-0.15, -0.1) is 0 Å². The summed E-state index contributed by atoms with van der Waals surface area (Å²) in [6, 6.07) is 7.48. The van der Waals surface area contributed by atoms with Crippen molar-refractivity contribution < 1.29 is 14.2 Å². The third-order valence-electron chi connectivity index (χ3n) is 3.68. The molecule has 1 N–H and O–H groups in total.